The second-order valence-electron chi connectivity index (χ2n) is 5.18. The Bertz CT molecular complexity index is 620. The standard InChI is InChI=1S/C17H21ClN2O3.ClH/c1-2-22-17(23-12-13-4-3-5-14(18)10-13)8-6-15(7-9-17)20-11-16(19)21;/h3-8,10,20H,2,9,11-12H2,1H3,(H2,19,21);1H. The van der Waals surface area contributed by atoms with E-state index in [0.717, 1.165) is 11.3 Å². The molecule has 0 spiro atoms. The molecule has 0 saturated heterocycles. The van der Waals surface area contributed by atoms with E-state index in [1.165, 1.54) is 0 Å². The zero-order chi connectivity index (χ0) is 16.7. The first kappa shape index (κ1) is 20.5. The first-order valence-corrected chi connectivity index (χ1v) is 7.85. The maximum atomic E-state index is 10.8. The molecule has 1 atom stereocenters. The molecule has 24 heavy (non-hydrogen) atoms. The summed E-state index contributed by atoms with van der Waals surface area (Å²) in [6.45, 7) is 2.94. The summed E-state index contributed by atoms with van der Waals surface area (Å²) in [7, 11) is 0. The molecule has 1 amide bonds. The lowest BCUT2D eigenvalue weighted by atomic mass is 10.1. The molecule has 0 saturated carbocycles. The molecule has 0 heterocycles. The number of allylic oxidation sites excluding steroid dienone is 1. The van der Waals surface area contributed by atoms with Crippen LogP contribution in [0.2, 0.25) is 5.02 Å². The van der Waals surface area contributed by atoms with Crippen LogP contribution >= 0.6 is 24.0 Å². The Hall–Kier alpha value is -1.53. The summed E-state index contributed by atoms with van der Waals surface area (Å²) in [6, 6.07) is 7.53. The molecule has 1 aromatic rings. The molecule has 1 aliphatic carbocycles. The Balaban J connectivity index is 0.00000288. The van der Waals surface area contributed by atoms with Gasteiger partial charge in [0.25, 0.3) is 0 Å². The Morgan fingerprint density at radius 3 is 2.79 bits per heavy atom. The van der Waals surface area contributed by atoms with E-state index < -0.39 is 11.7 Å². The maximum absolute atomic E-state index is 10.8. The topological polar surface area (TPSA) is 73.6 Å². The second kappa shape index (κ2) is 9.69. The molecule has 0 radical (unpaired) electrons. The number of hydrogen-bond donors (Lipinski definition) is 2. The van der Waals surface area contributed by atoms with Crippen molar-refractivity contribution in [1.82, 2.24) is 5.32 Å². The summed E-state index contributed by atoms with van der Waals surface area (Å²) in [5.74, 6) is -1.22. The van der Waals surface area contributed by atoms with Gasteiger partial charge in [-0.05, 0) is 36.8 Å². The van der Waals surface area contributed by atoms with E-state index in [0.29, 0.717) is 24.7 Å². The first-order valence-electron chi connectivity index (χ1n) is 7.47. The smallest absolute Gasteiger partial charge is 0.236 e. The molecule has 0 aromatic heterocycles. The minimum Gasteiger partial charge on any atom is -0.376 e. The highest BCUT2D eigenvalue weighted by molar-refractivity contribution is 6.30. The van der Waals surface area contributed by atoms with Crippen molar-refractivity contribution in [1.29, 1.82) is 0 Å². The number of amides is 1. The third-order valence-corrected chi connectivity index (χ3v) is 3.59. The van der Waals surface area contributed by atoms with Crippen molar-refractivity contribution in [2.45, 2.75) is 25.7 Å². The van der Waals surface area contributed by atoms with Gasteiger partial charge in [0.1, 0.15) is 0 Å². The Labute approximate surface area is 153 Å². The monoisotopic (exact) mass is 372 g/mol. The summed E-state index contributed by atoms with van der Waals surface area (Å²) >= 11 is 5.99. The Kier molecular flexibility index (Phi) is 8.28. The van der Waals surface area contributed by atoms with E-state index in [9.17, 15) is 4.79 Å². The molecular weight excluding hydrogens is 351 g/mol. The van der Waals surface area contributed by atoms with Crippen LogP contribution in [-0.2, 0) is 20.9 Å². The van der Waals surface area contributed by atoms with Crippen molar-refractivity contribution in [2.75, 3.05) is 13.2 Å². The van der Waals surface area contributed by atoms with Gasteiger partial charge in [0.2, 0.25) is 5.91 Å². The van der Waals surface area contributed by atoms with Crippen LogP contribution in [0.1, 0.15) is 18.9 Å². The molecule has 0 aliphatic heterocycles. The Morgan fingerprint density at radius 2 is 2.21 bits per heavy atom. The van der Waals surface area contributed by atoms with Crippen LogP contribution in [0.5, 0.6) is 0 Å². The number of nitrogens with one attached hydrogen (secondary N) is 1. The van der Waals surface area contributed by atoms with E-state index in [1.54, 1.807) is 0 Å². The highest BCUT2D eigenvalue weighted by Crippen LogP contribution is 2.27. The fourth-order valence-electron chi connectivity index (χ4n) is 2.26. The predicted octanol–water partition coefficient (Wildman–Crippen LogP) is 2.93. The third-order valence-electron chi connectivity index (χ3n) is 3.35. The first-order chi connectivity index (χ1) is 11.0. The van der Waals surface area contributed by atoms with Gasteiger partial charge in [-0.25, -0.2) is 0 Å². The molecule has 2 rings (SSSR count). The fourth-order valence-corrected chi connectivity index (χ4v) is 2.47. The number of benzene rings is 1. The van der Waals surface area contributed by atoms with Crippen molar-refractivity contribution in [2.24, 2.45) is 5.73 Å². The van der Waals surface area contributed by atoms with Crippen molar-refractivity contribution < 1.29 is 14.3 Å². The van der Waals surface area contributed by atoms with E-state index in [2.05, 4.69) is 5.32 Å². The SMILES string of the molecule is CCOC1(OCc2cccc(Cl)c2)C=CC(NCC(N)=O)=CC1.Cl. The highest BCUT2D eigenvalue weighted by Gasteiger charge is 2.30. The highest BCUT2D eigenvalue weighted by atomic mass is 35.5. The molecule has 132 valence electrons. The van der Waals surface area contributed by atoms with Crippen LogP contribution in [-0.4, -0.2) is 24.8 Å². The molecule has 7 heteroatoms. The molecule has 1 aromatic carbocycles. The second-order valence-corrected chi connectivity index (χ2v) is 5.62. The van der Waals surface area contributed by atoms with Crippen LogP contribution < -0.4 is 11.1 Å². The van der Waals surface area contributed by atoms with E-state index in [-0.39, 0.29) is 19.0 Å². The van der Waals surface area contributed by atoms with Gasteiger partial charge in [-0.2, -0.15) is 0 Å². The summed E-state index contributed by atoms with van der Waals surface area (Å²) in [5, 5.41) is 3.63. The molecule has 3 N–H and O–H groups in total. The number of hydrogen-bond acceptors (Lipinski definition) is 4. The molecule has 0 bridgehead atoms. The van der Waals surface area contributed by atoms with Gasteiger partial charge in [0.05, 0.1) is 13.2 Å². The van der Waals surface area contributed by atoms with E-state index in [4.69, 9.17) is 26.8 Å². The number of carbonyl (C=O) groups is 1. The molecular formula is C17H22Cl2N2O3. The quantitative estimate of drug-likeness (QED) is 0.688. The van der Waals surface area contributed by atoms with Gasteiger partial charge in [-0.1, -0.05) is 29.8 Å². The van der Waals surface area contributed by atoms with Gasteiger partial charge >= 0.3 is 0 Å². The summed E-state index contributed by atoms with van der Waals surface area (Å²) < 4.78 is 11.8. The largest absolute Gasteiger partial charge is 0.376 e. The number of nitrogens with two attached hydrogens (primary N) is 1. The van der Waals surface area contributed by atoms with Gasteiger partial charge in [-0.3, -0.25) is 4.79 Å². The summed E-state index contributed by atoms with van der Waals surface area (Å²) in [4.78, 5) is 10.8. The van der Waals surface area contributed by atoms with Crippen LogP contribution in [0.15, 0.2) is 48.2 Å². The van der Waals surface area contributed by atoms with E-state index >= 15 is 0 Å². The number of carbonyl (C=O) groups excluding carboxylic acids is 1. The average Bonchev–Trinajstić information content (AvgIpc) is 2.53. The van der Waals surface area contributed by atoms with Crippen molar-refractivity contribution in [3.63, 3.8) is 0 Å². The van der Waals surface area contributed by atoms with Gasteiger partial charge in [-0.15, -0.1) is 12.4 Å². The molecule has 0 fully saturated rings. The van der Waals surface area contributed by atoms with Gasteiger partial charge < -0.3 is 20.5 Å². The minimum absolute atomic E-state index is 0. The van der Waals surface area contributed by atoms with Gasteiger partial charge in [0, 0.05) is 23.7 Å². The average molecular weight is 373 g/mol. The fraction of sp³-hybridized carbons (Fsp3) is 0.353. The lowest BCUT2D eigenvalue weighted by molar-refractivity contribution is -0.207. The molecule has 1 unspecified atom stereocenters. The lowest BCUT2D eigenvalue weighted by Gasteiger charge is -2.32. The van der Waals surface area contributed by atoms with Crippen LogP contribution in [0.4, 0.5) is 0 Å². The normalized spacial score (nSPS) is 19.3. The van der Waals surface area contributed by atoms with Crippen LogP contribution in [0, 0.1) is 0 Å². The van der Waals surface area contributed by atoms with Crippen molar-refractivity contribution >= 4 is 29.9 Å². The van der Waals surface area contributed by atoms with Gasteiger partial charge in [0.15, 0.2) is 5.79 Å². The van der Waals surface area contributed by atoms with Crippen molar-refractivity contribution in [3.05, 3.63) is 58.8 Å². The number of ether oxygens (including phenoxy) is 2. The Morgan fingerprint density at radius 1 is 1.42 bits per heavy atom. The predicted molar refractivity (Wildman–Crippen MR) is 96.9 cm³/mol. The number of rotatable bonds is 8. The lowest BCUT2D eigenvalue weighted by Crippen LogP contribution is -2.36. The number of halogens is 2. The third kappa shape index (κ3) is 6.17. The maximum Gasteiger partial charge on any atom is 0.236 e. The van der Waals surface area contributed by atoms with Crippen molar-refractivity contribution in [3.8, 4) is 0 Å². The number of primary amides is 1. The zero-order valence-electron chi connectivity index (χ0n) is 13.5. The summed E-state index contributed by atoms with van der Waals surface area (Å²) in [5.41, 5.74) is 6.92. The zero-order valence-corrected chi connectivity index (χ0v) is 15.0. The van der Waals surface area contributed by atoms with Crippen LogP contribution in [0.3, 0.4) is 0 Å². The summed E-state index contributed by atoms with van der Waals surface area (Å²) in [6.07, 6.45) is 6.15. The molecule has 5 nitrogen and oxygen atoms in total. The molecule has 1 aliphatic rings. The van der Waals surface area contributed by atoms with E-state index in [1.807, 2.05) is 49.4 Å². The minimum atomic E-state index is -0.811. The van der Waals surface area contributed by atoms with Crippen LogP contribution in [0.25, 0.3) is 0 Å².